The van der Waals surface area contributed by atoms with Crippen LogP contribution in [0.2, 0.25) is 0 Å². The van der Waals surface area contributed by atoms with Crippen LogP contribution < -0.4 is 5.32 Å². The van der Waals surface area contributed by atoms with Crippen molar-refractivity contribution in [2.24, 2.45) is 0 Å². The number of β-lactam (4-membered cyclic amide) rings is 1. The number of benzene rings is 2. The van der Waals surface area contributed by atoms with Gasteiger partial charge in [0.2, 0.25) is 5.91 Å². The molecule has 4 aromatic rings. The monoisotopic (exact) mass is 522 g/mol. The quantitative estimate of drug-likeness (QED) is 0.355. The van der Waals surface area contributed by atoms with Gasteiger partial charge in [-0.1, -0.05) is 36.0 Å². The van der Waals surface area contributed by atoms with E-state index in [1.165, 1.54) is 39.8 Å². The lowest BCUT2D eigenvalue weighted by Crippen LogP contribution is -2.70. The SMILES string of the molecule is O=C(Cc1cccs1)N[C@@H]1C(=O)N2C(C(=O)O)=C(Sc3ccc4c(c3)oc3ccccc34)CS[C@@H]12. The molecule has 2 N–H and O–H groups in total. The summed E-state index contributed by atoms with van der Waals surface area (Å²) in [4.78, 5) is 41.1. The van der Waals surface area contributed by atoms with Crippen LogP contribution in [0, 0.1) is 0 Å². The van der Waals surface area contributed by atoms with E-state index in [0.29, 0.717) is 10.7 Å². The summed E-state index contributed by atoms with van der Waals surface area (Å²) in [6.07, 6.45) is 0.200. The second-order valence-corrected chi connectivity index (χ2v) is 11.5. The van der Waals surface area contributed by atoms with E-state index in [9.17, 15) is 19.5 Å². The molecule has 10 heteroatoms. The molecule has 0 spiro atoms. The molecule has 2 aliphatic heterocycles. The predicted octanol–water partition coefficient (Wildman–Crippen LogP) is 4.68. The number of fused-ring (bicyclic) bond motifs is 4. The molecule has 176 valence electrons. The predicted molar refractivity (Wildman–Crippen MR) is 137 cm³/mol. The fourth-order valence-corrected chi connectivity index (χ4v) is 7.58. The van der Waals surface area contributed by atoms with Gasteiger partial charge >= 0.3 is 5.97 Å². The van der Waals surface area contributed by atoms with Gasteiger partial charge in [0.15, 0.2) is 0 Å². The van der Waals surface area contributed by atoms with E-state index in [1.807, 2.05) is 60.0 Å². The fourth-order valence-electron chi connectivity index (χ4n) is 4.38. The molecule has 0 aliphatic carbocycles. The second-order valence-electron chi connectivity index (χ2n) is 8.15. The molecule has 1 fully saturated rings. The number of furan rings is 1. The van der Waals surface area contributed by atoms with Gasteiger partial charge in [0.05, 0.1) is 6.42 Å². The van der Waals surface area contributed by atoms with Gasteiger partial charge in [-0.15, -0.1) is 23.1 Å². The minimum atomic E-state index is -1.15. The number of para-hydroxylation sites is 1. The zero-order valence-corrected chi connectivity index (χ0v) is 20.5. The highest BCUT2D eigenvalue weighted by Crippen LogP contribution is 2.45. The van der Waals surface area contributed by atoms with E-state index >= 15 is 0 Å². The van der Waals surface area contributed by atoms with Gasteiger partial charge in [-0.25, -0.2) is 4.79 Å². The Morgan fingerprint density at radius 2 is 1.94 bits per heavy atom. The topological polar surface area (TPSA) is 99.9 Å². The number of hydrogen-bond acceptors (Lipinski definition) is 7. The van der Waals surface area contributed by atoms with Gasteiger partial charge in [0.1, 0.15) is 28.3 Å². The maximum atomic E-state index is 12.9. The summed E-state index contributed by atoms with van der Waals surface area (Å²) in [6, 6.07) is 16.6. The van der Waals surface area contributed by atoms with Crippen molar-refractivity contribution in [3.05, 3.63) is 75.5 Å². The molecule has 2 aromatic heterocycles. The highest BCUT2D eigenvalue weighted by atomic mass is 32.2. The van der Waals surface area contributed by atoms with Crippen LogP contribution in [0.1, 0.15) is 4.88 Å². The third kappa shape index (κ3) is 3.91. The minimum Gasteiger partial charge on any atom is -0.477 e. The van der Waals surface area contributed by atoms with Gasteiger partial charge < -0.3 is 14.8 Å². The molecule has 2 aliphatic rings. The van der Waals surface area contributed by atoms with Crippen LogP contribution in [-0.4, -0.2) is 45.0 Å². The Morgan fingerprint density at radius 1 is 1.11 bits per heavy atom. The lowest BCUT2D eigenvalue weighted by atomic mass is 10.0. The third-order valence-electron chi connectivity index (χ3n) is 5.96. The van der Waals surface area contributed by atoms with Crippen LogP contribution in [0.15, 0.2) is 79.9 Å². The summed E-state index contributed by atoms with van der Waals surface area (Å²) in [5.74, 6) is -1.37. The van der Waals surface area contributed by atoms with E-state index < -0.39 is 23.3 Å². The number of thiophene rings is 1. The summed E-state index contributed by atoms with van der Waals surface area (Å²) in [5.41, 5.74) is 1.50. The molecular weight excluding hydrogens is 504 g/mol. The summed E-state index contributed by atoms with van der Waals surface area (Å²) in [6.45, 7) is 0. The molecule has 0 unspecified atom stereocenters. The maximum absolute atomic E-state index is 12.9. The lowest BCUT2D eigenvalue weighted by Gasteiger charge is -2.49. The molecule has 6 rings (SSSR count). The number of carboxylic acid groups (broad SMARTS) is 1. The number of carbonyl (C=O) groups excluding carboxylic acids is 2. The largest absolute Gasteiger partial charge is 0.477 e. The Balaban J connectivity index is 1.23. The summed E-state index contributed by atoms with van der Waals surface area (Å²) >= 11 is 4.26. The summed E-state index contributed by atoms with van der Waals surface area (Å²) in [7, 11) is 0. The van der Waals surface area contributed by atoms with E-state index in [2.05, 4.69) is 5.32 Å². The van der Waals surface area contributed by atoms with Crippen LogP contribution >= 0.6 is 34.9 Å². The van der Waals surface area contributed by atoms with Gasteiger partial charge in [-0.2, -0.15) is 0 Å². The van der Waals surface area contributed by atoms with Gasteiger partial charge in [-0.05, 0) is 35.7 Å². The highest BCUT2D eigenvalue weighted by Gasteiger charge is 2.54. The van der Waals surface area contributed by atoms with Crippen molar-refractivity contribution in [2.75, 3.05) is 5.75 Å². The first-order valence-electron chi connectivity index (χ1n) is 10.8. The normalized spacial score (nSPS) is 19.7. The first kappa shape index (κ1) is 22.3. The standard InChI is InChI=1S/C25H18N2O5S3/c28-20(11-13-4-3-9-33-13)26-21-23(29)27-22(25(30)31)19(12-34-24(21)27)35-14-7-8-16-15-5-1-2-6-17(15)32-18(16)10-14/h1-10,21,24H,11-12H2,(H,26,28)(H,30,31)/t21-,24+/m1/s1. The average molecular weight is 523 g/mol. The first-order valence-corrected chi connectivity index (χ1v) is 13.6. The number of carbonyl (C=O) groups is 3. The smallest absolute Gasteiger partial charge is 0.353 e. The van der Waals surface area contributed by atoms with Crippen molar-refractivity contribution in [3.8, 4) is 0 Å². The molecule has 0 radical (unpaired) electrons. The second kappa shape index (κ2) is 8.78. The molecule has 0 bridgehead atoms. The molecule has 7 nitrogen and oxygen atoms in total. The molecule has 2 atom stereocenters. The van der Waals surface area contributed by atoms with Crippen molar-refractivity contribution in [1.82, 2.24) is 10.2 Å². The van der Waals surface area contributed by atoms with Gasteiger partial charge in [-0.3, -0.25) is 14.5 Å². The number of aliphatic carboxylic acids is 1. The zero-order valence-electron chi connectivity index (χ0n) is 18.1. The van der Waals surface area contributed by atoms with Crippen LogP contribution in [0.4, 0.5) is 0 Å². The number of hydrogen-bond donors (Lipinski definition) is 2. The molecule has 2 amide bonds. The maximum Gasteiger partial charge on any atom is 0.353 e. The Bertz CT molecular complexity index is 1520. The third-order valence-corrected chi connectivity index (χ3v) is 9.37. The van der Waals surface area contributed by atoms with Crippen LogP contribution in [0.3, 0.4) is 0 Å². The number of amides is 2. The van der Waals surface area contributed by atoms with E-state index in [4.69, 9.17) is 4.42 Å². The van der Waals surface area contributed by atoms with Gasteiger partial charge in [0.25, 0.3) is 5.91 Å². The minimum absolute atomic E-state index is 0.0165. The van der Waals surface area contributed by atoms with Crippen molar-refractivity contribution >= 4 is 74.6 Å². The molecular formula is C25H18N2O5S3. The highest BCUT2D eigenvalue weighted by molar-refractivity contribution is 8.06. The zero-order chi connectivity index (χ0) is 24.1. The van der Waals surface area contributed by atoms with Gasteiger partial charge in [0, 0.05) is 31.2 Å². The molecule has 0 saturated carbocycles. The number of rotatable bonds is 6. The van der Waals surface area contributed by atoms with E-state index in [-0.39, 0.29) is 18.0 Å². The van der Waals surface area contributed by atoms with Crippen molar-refractivity contribution in [2.45, 2.75) is 22.7 Å². The Labute approximate surface area is 212 Å². The van der Waals surface area contributed by atoms with Crippen LogP contribution in [0.5, 0.6) is 0 Å². The summed E-state index contributed by atoms with van der Waals surface area (Å²) < 4.78 is 5.96. The Hall–Kier alpha value is -3.21. The number of nitrogens with one attached hydrogen (secondary N) is 1. The summed E-state index contributed by atoms with van der Waals surface area (Å²) in [5, 5.41) is 16.2. The van der Waals surface area contributed by atoms with E-state index in [1.54, 1.807) is 0 Å². The Morgan fingerprint density at radius 3 is 2.74 bits per heavy atom. The number of thioether (sulfide) groups is 2. The first-order chi connectivity index (χ1) is 17.0. The van der Waals surface area contributed by atoms with E-state index in [0.717, 1.165) is 31.7 Å². The van der Waals surface area contributed by atoms with Crippen molar-refractivity contribution < 1.29 is 23.9 Å². The lowest BCUT2D eigenvalue weighted by molar-refractivity contribution is -0.150. The van der Waals surface area contributed by atoms with Crippen molar-refractivity contribution in [1.29, 1.82) is 0 Å². The number of carboxylic acids is 1. The van der Waals surface area contributed by atoms with Crippen molar-refractivity contribution in [3.63, 3.8) is 0 Å². The Kier molecular flexibility index (Phi) is 5.58. The number of nitrogens with zero attached hydrogens (tertiary/aromatic N) is 1. The fraction of sp³-hybridized carbons (Fsp3) is 0.160. The molecule has 4 heterocycles. The molecule has 2 aromatic carbocycles. The molecule has 1 saturated heterocycles. The average Bonchev–Trinajstić information content (AvgIpc) is 3.49. The molecule has 35 heavy (non-hydrogen) atoms. The van der Waals surface area contributed by atoms with Crippen LogP contribution in [0.25, 0.3) is 21.9 Å². The van der Waals surface area contributed by atoms with Crippen LogP contribution in [-0.2, 0) is 20.8 Å².